The predicted octanol–water partition coefficient (Wildman–Crippen LogP) is 1.34. The molecule has 0 aliphatic carbocycles. The molecule has 22 heavy (non-hydrogen) atoms. The minimum absolute atomic E-state index is 0.0927. The van der Waals surface area contributed by atoms with Crippen molar-refractivity contribution in [3.05, 3.63) is 59.7 Å². The summed E-state index contributed by atoms with van der Waals surface area (Å²) in [5, 5.41) is 11.2. The molecule has 0 bridgehead atoms. The largest absolute Gasteiger partial charge is 0.478 e. The van der Waals surface area contributed by atoms with E-state index in [0.29, 0.717) is 16.9 Å². The van der Waals surface area contributed by atoms with E-state index in [0.717, 1.165) is 0 Å². The first-order valence-electron chi connectivity index (χ1n) is 6.30. The van der Waals surface area contributed by atoms with Crippen LogP contribution in [0.3, 0.4) is 0 Å². The molecular weight excluding hydrogens is 284 g/mol. The van der Waals surface area contributed by atoms with Gasteiger partial charge in [0.05, 0.1) is 11.3 Å². The van der Waals surface area contributed by atoms with Crippen molar-refractivity contribution in [2.24, 2.45) is 10.7 Å². The van der Waals surface area contributed by atoms with Gasteiger partial charge in [-0.3, -0.25) is 10.1 Å². The molecule has 112 valence electrons. The average Bonchev–Trinajstić information content (AvgIpc) is 2.48. The predicted molar refractivity (Wildman–Crippen MR) is 83.0 cm³/mol. The number of nitrogens with zero attached hydrogens (tertiary/aromatic N) is 1. The standard InChI is InChI=1S/C15H14N4O3/c16-11-5-1-9(2-6-11)13(20)19-15(17)18-12-7-3-10(4-8-12)14(21)22/h1-8H,16H2,(H,21,22)(H3,17,18,19,20). The van der Waals surface area contributed by atoms with Crippen molar-refractivity contribution in [3.63, 3.8) is 0 Å². The molecule has 0 atom stereocenters. The highest BCUT2D eigenvalue weighted by atomic mass is 16.4. The summed E-state index contributed by atoms with van der Waals surface area (Å²) in [7, 11) is 0. The second kappa shape index (κ2) is 6.40. The van der Waals surface area contributed by atoms with Gasteiger partial charge in [0, 0.05) is 11.3 Å². The number of guanidine groups is 1. The molecular formula is C15H14N4O3. The number of benzene rings is 2. The molecule has 0 aliphatic heterocycles. The van der Waals surface area contributed by atoms with Crippen LogP contribution in [0.1, 0.15) is 20.7 Å². The van der Waals surface area contributed by atoms with Crippen molar-refractivity contribution in [3.8, 4) is 0 Å². The van der Waals surface area contributed by atoms with E-state index in [4.69, 9.17) is 16.6 Å². The Balaban J connectivity index is 2.07. The zero-order valence-electron chi connectivity index (χ0n) is 11.5. The van der Waals surface area contributed by atoms with Crippen LogP contribution in [-0.4, -0.2) is 22.9 Å². The van der Waals surface area contributed by atoms with Crippen LogP contribution in [0.25, 0.3) is 0 Å². The molecule has 7 nitrogen and oxygen atoms in total. The number of aliphatic imine (C=N–C) groups is 1. The molecule has 2 aromatic rings. The van der Waals surface area contributed by atoms with Gasteiger partial charge in [-0.15, -0.1) is 0 Å². The number of nitrogens with one attached hydrogen (secondary N) is 1. The summed E-state index contributed by atoms with van der Waals surface area (Å²) >= 11 is 0. The van der Waals surface area contributed by atoms with Gasteiger partial charge in [-0.2, -0.15) is 0 Å². The SMILES string of the molecule is NC(=Nc1ccc(C(=O)O)cc1)NC(=O)c1ccc(N)cc1. The van der Waals surface area contributed by atoms with Crippen LogP contribution in [0.15, 0.2) is 53.5 Å². The first-order valence-corrected chi connectivity index (χ1v) is 6.30. The molecule has 0 heterocycles. The number of carboxylic acids is 1. The highest BCUT2D eigenvalue weighted by Crippen LogP contribution is 2.12. The topological polar surface area (TPSA) is 131 Å². The van der Waals surface area contributed by atoms with E-state index in [1.54, 1.807) is 24.3 Å². The lowest BCUT2D eigenvalue weighted by molar-refractivity contribution is 0.0696. The van der Waals surface area contributed by atoms with E-state index in [9.17, 15) is 9.59 Å². The van der Waals surface area contributed by atoms with Crippen LogP contribution >= 0.6 is 0 Å². The monoisotopic (exact) mass is 298 g/mol. The van der Waals surface area contributed by atoms with Crippen LogP contribution < -0.4 is 16.8 Å². The maximum atomic E-state index is 11.9. The Labute approximate surface area is 126 Å². The number of nitrogens with two attached hydrogens (primary N) is 2. The Morgan fingerprint density at radius 3 is 2.05 bits per heavy atom. The van der Waals surface area contributed by atoms with Crippen molar-refractivity contribution < 1.29 is 14.7 Å². The second-order valence-electron chi connectivity index (χ2n) is 4.43. The van der Waals surface area contributed by atoms with Gasteiger partial charge in [0.15, 0.2) is 0 Å². The third-order valence-corrected chi connectivity index (χ3v) is 2.78. The zero-order valence-corrected chi connectivity index (χ0v) is 11.5. The van der Waals surface area contributed by atoms with Gasteiger partial charge in [0.2, 0.25) is 5.96 Å². The Morgan fingerprint density at radius 2 is 1.50 bits per heavy atom. The number of nitrogen functional groups attached to an aromatic ring is 1. The lowest BCUT2D eigenvalue weighted by Crippen LogP contribution is -2.36. The average molecular weight is 298 g/mol. The van der Waals surface area contributed by atoms with E-state index in [-0.39, 0.29) is 11.5 Å². The second-order valence-corrected chi connectivity index (χ2v) is 4.43. The highest BCUT2D eigenvalue weighted by Gasteiger charge is 2.07. The number of rotatable bonds is 3. The molecule has 2 aromatic carbocycles. The number of hydrogen-bond donors (Lipinski definition) is 4. The molecule has 0 aliphatic rings. The molecule has 2 rings (SSSR count). The minimum atomic E-state index is -1.03. The van der Waals surface area contributed by atoms with Gasteiger partial charge < -0.3 is 16.6 Å². The Kier molecular flexibility index (Phi) is 4.38. The first-order chi connectivity index (χ1) is 10.5. The fourth-order valence-electron chi connectivity index (χ4n) is 1.67. The summed E-state index contributed by atoms with van der Waals surface area (Å²) in [6, 6.07) is 12.1. The lowest BCUT2D eigenvalue weighted by Gasteiger charge is -2.05. The highest BCUT2D eigenvalue weighted by molar-refractivity contribution is 6.05. The molecule has 1 amide bonds. The Bertz CT molecular complexity index is 721. The molecule has 7 heteroatoms. The number of hydrogen-bond acceptors (Lipinski definition) is 4. The summed E-state index contributed by atoms with van der Waals surface area (Å²) in [5.74, 6) is -1.53. The van der Waals surface area contributed by atoms with Crippen molar-refractivity contribution in [2.45, 2.75) is 0 Å². The lowest BCUT2D eigenvalue weighted by atomic mass is 10.2. The normalized spacial score (nSPS) is 11.0. The summed E-state index contributed by atoms with van der Waals surface area (Å²) < 4.78 is 0. The number of amides is 1. The molecule has 0 fully saturated rings. The Morgan fingerprint density at radius 1 is 0.955 bits per heavy atom. The van der Waals surface area contributed by atoms with Crippen LogP contribution in [0.5, 0.6) is 0 Å². The van der Waals surface area contributed by atoms with Crippen LogP contribution in [0.2, 0.25) is 0 Å². The molecule has 0 saturated heterocycles. The smallest absolute Gasteiger partial charge is 0.335 e. The van der Waals surface area contributed by atoms with Crippen molar-refractivity contribution in [1.29, 1.82) is 0 Å². The summed E-state index contributed by atoms with van der Waals surface area (Å²) in [6.07, 6.45) is 0. The first kappa shape index (κ1) is 15.0. The van der Waals surface area contributed by atoms with Gasteiger partial charge in [-0.05, 0) is 48.5 Å². The number of carbonyl (C=O) groups is 2. The number of aromatic carboxylic acids is 1. The Hall–Kier alpha value is -3.35. The van der Waals surface area contributed by atoms with Crippen LogP contribution in [-0.2, 0) is 0 Å². The summed E-state index contributed by atoms with van der Waals surface area (Å²) in [5.41, 5.74) is 12.7. The van der Waals surface area contributed by atoms with Gasteiger partial charge in [-0.1, -0.05) is 0 Å². The van der Waals surface area contributed by atoms with Gasteiger partial charge in [0.1, 0.15) is 0 Å². The molecule has 0 radical (unpaired) electrons. The number of anilines is 1. The zero-order chi connectivity index (χ0) is 16.1. The molecule has 0 aromatic heterocycles. The van der Waals surface area contributed by atoms with Gasteiger partial charge in [-0.25, -0.2) is 9.79 Å². The van der Waals surface area contributed by atoms with Crippen molar-refractivity contribution in [2.75, 3.05) is 5.73 Å². The summed E-state index contributed by atoms with van der Waals surface area (Å²) in [4.78, 5) is 26.6. The summed E-state index contributed by atoms with van der Waals surface area (Å²) in [6.45, 7) is 0. The molecule has 0 unspecified atom stereocenters. The van der Waals surface area contributed by atoms with Gasteiger partial charge in [0.25, 0.3) is 5.91 Å². The van der Waals surface area contributed by atoms with E-state index in [2.05, 4.69) is 10.3 Å². The maximum Gasteiger partial charge on any atom is 0.335 e. The number of carboxylic acid groups (broad SMARTS) is 1. The van der Waals surface area contributed by atoms with E-state index in [1.807, 2.05) is 0 Å². The van der Waals surface area contributed by atoms with E-state index in [1.165, 1.54) is 24.3 Å². The van der Waals surface area contributed by atoms with Crippen LogP contribution in [0, 0.1) is 0 Å². The third kappa shape index (κ3) is 3.83. The fraction of sp³-hybridized carbons (Fsp3) is 0. The third-order valence-electron chi connectivity index (χ3n) is 2.78. The molecule has 6 N–H and O–H groups in total. The molecule has 0 saturated carbocycles. The van der Waals surface area contributed by atoms with Crippen molar-refractivity contribution in [1.82, 2.24) is 5.32 Å². The van der Waals surface area contributed by atoms with Crippen LogP contribution in [0.4, 0.5) is 11.4 Å². The van der Waals surface area contributed by atoms with Gasteiger partial charge >= 0.3 is 5.97 Å². The molecule has 0 spiro atoms. The fourth-order valence-corrected chi connectivity index (χ4v) is 1.67. The number of carbonyl (C=O) groups excluding carboxylic acids is 1. The van der Waals surface area contributed by atoms with Crippen molar-refractivity contribution >= 4 is 29.2 Å². The maximum absolute atomic E-state index is 11.9. The van der Waals surface area contributed by atoms with E-state index < -0.39 is 11.9 Å². The van der Waals surface area contributed by atoms with E-state index >= 15 is 0 Å². The quantitative estimate of drug-likeness (QED) is 0.386. The minimum Gasteiger partial charge on any atom is -0.478 e.